The van der Waals surface area contributed by atoms with E-state index in [9.17, 15) is 0 Å². The van der Waals surface area contributed by atoms with Crippen LogP contribution >= 0.6 is 0 Å². The fourth-order valence-electron chi connectivity index (χ4n) is 5.15. The minimum absolute atomic E-state index is 0.361. The zero-order valence-electron chi connectivity index (χ0n) is 20.6. The second kappa shape index (κ2) is 10.4. The van der Waals surface area contributed by atoms with Gasteiger partial charge in [0.1, 0.15) is 0 Å². The van der Waals surface area contributed by atoms with Crippen molar-refractivity contribution in [3.05, 3.63) is 134 Å². The molecule has 4 aromatic carbocycles. The van der Waals surface area contributed by atoms with E-state index in [4.69, 9.17) is 0 Å². The Morgan fingerprint density at radius 3 is 1.77 bits per heavy atom. The van der Waals surface area contributed by atoms with Gasteiger partial charge in [-0.1, -0.05) is 130 Å². The summed E-state index contributed by atoms with van der Waals surface area (Å²) in [4.78, 5) is 0. The number of hydrogen-bond acceptors (Lipinski definition) is 0. The summed E-state index contributed by atoms with van der Waals surface area (Å²) in [5, 5.41) is 2.36. The van der Waals surface area contributed by atoms with Crippen LogP contribution < -0.4 is 0 Å². The first kappa shape index (κ1) is 24.0. The van der Waals surface area contributed by atoms with Crippen LogP contribution in [-0.4, -0.2) is 0 Å². The van der Waals surface area contributed by atoms with Crippen LogP contribution in [-0.2, 0) is 0 Å². The van der Waals surface area contributed by atoms with Gasteiger partial charge >= 0.3 is 0 Å². The van der Waals surface area contributed by atoms with Crippen LogP contribution in [0, 0.1) is 0 Å². The van der Waals surface area contributed by atoms with Crippen LogP contribution in [0.4, 0.5) is 0 Å². The van der Waals surface area contributed by atoms with Gasteiger partial charge in [0.25, 0.3) is 0 Å². The molecule has 0 aliphatic heterocycles. The normalized spacial score (nSPS) is 11.6. The maximum Gasteiger partial charge on any atom is 0.00126 e. The molecular weight excluding hydrogens is 420 g/mol. The van der Waals surface area contributed by atoms with Gasteiger partial charge in [0.05, 0.1) is 0 Å². The minimum Gasteiger partial charge on any atom is -0.102 e. The van der Waals surface area contributed by atoms with Crippen LogP contribution in [0.3, 0.4) is 0 Å². The zero-order chi connectivity index (χ0) is 24.9. The van der Waals surface area contributed by atoms with Gasteiger partial charge in [0, 0.05) is 5.92 Å². The SMILES string of the molecule is C=Cc1cccc(-c2c(C=C)c(C=C)c(-c3ccc(C(C=C)CC)cc3)c3ccccc23)c1C=C. The predicted octanol–water partition coefficient (Wildman–Crippen LogP) is 10.4. The molecule has 0 N–H and O–H groups in total. The zero-order valence-corrected chi connectivity index (χ0v) is 20.6. The molecule has 4 aromatic rings. The summed E-state index contributed by atoms with van der Waals surface area (Å²) >= 11 is 0. The van der Waals surface area contributed by atoms with Gasteiger partial charge < -0.3 is 0 Å². The summed E-state index contributed by atoms with van der Waals surface area (Å²) in [7, 11) is 0. The molecule has 172 valence electrons. The molecule has 0 saturated carbocycles. The van der Waals surface area contributed by atoms with Gasteiger partial charge in [0.15, 0.2) is 0 Å². The molecule has 0 heteroatoms. The largest absolute Gasteiger partial charge is 0.102 e. The molecule has 0 aliphatic carbocycles. The fraction of sp³-hybridized carbons (Fsp3) is 0.0857. The lowest BCUT2D eigenvalue weighted by Gasteiger charge is -2.22. The number of allylic oxidation sites excluding steroid dienone is 1. The van der Waals surface area contributed by atoms with E-state index in [1.807, 2.05) is 30.4 Å². The van der Waals surface area contributed by atoms with Gasteiger partial charge in [0.2, 0.25) is 0 Å². The molecule has 1 unspecified atom stereocenters. The predicted molar refractivity (Wildman–Crippen MR) is 158 cm³/mol. The Kier molecular flexibility index (Phi) is 7.13. The third-order valence-corrected chi connectivity index (χ3v) is 6.89. The standard InChI is InChI=1S/C35H32/c1-7-24(8-2)26-20-22-27(23-21-26)34-29(11-5)30(12-6)35(33-18-14-13-17-32(33)34)31-19-15-16-25(9-3)28(31)10-4/h7,9-24H,1,3-6,8H2,2H3. The molecule has 0 heterocycles. The Balaban J connectivity index is 2.10. The maximum atomic E-state index is 4.22. The lowest BCUT2D eigenvalue weighted by Crippen LogP contribution is -1.98. The monoisotopic (exact) mass is 452 g/mol. The summed E-state index contributed by atoms with van der Waals surface area (Å²) in [5.74, 6) is 0.361. The van der Waals surface area contributed by atoms with E-state index in [-0.39, 0.29) is 0 Å². The van der Waals surface area contributed by atoms with E-state index in [1.165, 1.54) is 21.9 Å². The highest BCUT2D eigenvalue weighted by molar-refractivity contribution is 6.12. The van der Waals surface area contributed by atoms with Crippen LogP contribution in [0.1, 0.15) is 47.1 Å². The first-order chi connectivity index (χ1) is 17.1. The summed E-state index contributed by atoms with van der Waals surface area (Å²) < 4.78 is 0. The van der Waals surface area contributed by atoms with Gasteiger partial charge in [-0.05, 0) is 67.3 Å². The van der Waals surface area contributed by atoms with E-state index in [2.05, 4.69) is 107 Å². The Labute approximate surface area is 210 Å². The quantitative estimate of drug-likeness (QED) is 0.222. The number of benzene rings is 4. The maximum absolute atomic E-state index is 4.22. The molecule has 0 nitrogen and oxygen atoms in total. The van der Waals surface area contributed by atoms with E-state index in [1.54, 1.807) is 0 Å². The molecule has 0 bridgehead atoms. The minimum atomic E-state index is 0.361. The van der Waals surface area contributed by atoms with Crippen molar-refractivity contribution in [2.75, 3.05) is 0 Å². The van der Waals surface area contributed by atoms with E-state index >= 15 is 0 Å². The topological polar surface area (TPSA) is 0 Å². The molecule has 0 aromatic heterocycles. The van der Waals surface area contributed by atoms with Crippen molar-refractivity contribution in [3.8, 4) is 22.3 Å². The number of fused-ring (bicyclic) bond motifs is 1. The van der Waals surface area contributed by atoms with Crippen molar-refractivity contribution in [1.82, 2.24) is 0 Å². The van der Waals surface area contributed by atoms with Crippen LogP contribution in [0.2, 0.25) is 0 Å². The molecule has 0 saturated heterocycles. The average Bonchev–Trinajstić information content (AvgIpc) is 2.92. The first-order valence-electron chi connectivity index (χ1n) is 12.1. The van der Waals surface area contributed by atoms with Crippen molar-refractivity contribution < 1.29 is 0 Å². The molecule has 0 aliphatic rings. The Bertz CT molecular complexity index is 1440. The molecule has 1 atom stereocenters. The average molecular weight is 453 g/mol. The van der Waals surface area contributed by atoms with Crippen molar-refractivity contribution in [1.29, 1.82) is 0 Å². The number of rotatable bonds is 9. The van der Waals surface area contributed by atoms with Gasteiger partial charge in [-0.2, -0.15) is 0 Å². The van der Waals surface area contributed by atoms with E-state index in [0.29, 0.717) is 5.92 Å². The summed E-state index contributed by atoms with van der Waals surface area (Å²) in [6.07, 6.45) is 10.8. The fourth-order valence-corrected chi connectivity index (χ4v) is 5.15. The summed E-state index contributed by atoms with van der Waals surface area (Å²) in [5.41, 5.74) is 10.2. The third-order valence-electron chi connectivity index (χ3n) is 6.89. The second-order valence-corrected chi connectivity index (χ2v) is 8.62. The smallest absolute Gasteiger partial charge is 0.00126 e. The molecule has 0 radical (unpaired) electrons. The van der Waals surface area contributed by atoms with Gasteiger partial charge in [-0.3, -0.25) is 0 Å². The number of hydrogen-bond donors (Lipinski definition) is 0. The first-order valence-corrected chi connectivity index (χ1v) is 12.1. The van der Waals surface area contributed by atoms with Crippen molar-refractivity contribution in [2.24, 2.45) is 0 Å². The third kappa shape index (κ3) is 4.13. The molecule has 4 rings (SSSR count). The lowest BCUT2D eigenvalue weighted by molar-refractivity contribution is 0.807. The van der Waals surface area contributed by atoms with Crippen LogP contribution in [0.15, 0.2) is 106 Å². The Morgan fingerprint density at radius 2 is 1.23 bits per heavy atom. The summed E-state index contributed by atoms with van der Waals surface area (Å²) in [6.45, 7) is 22.8. The van der Waals surface area contributed by atoms with Gasteiger partial charge in [-0.25, -0.2) is 0 Å². The molecule has 35 heavy (non-hydrogen) atoms. The molecule has 0 fully saturated rings. The van der Waals surface area contributed by atoms with Crippen molar-refractivity contribution in [3.63, 3.8) is 0 Å². The highest BCUT2D eigenvalue weighted by Gasteiger charge is 2.20. The van der Waals surface area contributed by atoms with E-state index in [0.717, 1.165) is 45.4 Å². The molecular formula is C35H32. The van der Waals surface area contributed by atoms with Crippen LogP contribution in [0.25, 0.3) is 57.3 Å². The second-order valence-electron chi connectivity index (χ2n) is 8.62. The Morgan fingerprint density at radius 1 is 0.629 bits per heavy atom. The van der Waals surface area contributed by atoms with Crippen molar-refractivity contribution >= 4 is 35.1 Å². The highest BCUT2D eigenvalue weighted by Crippen LogP contribution is 2.44. The highest BCUT2D eigenvalue weighted by atomic mass is 14.2. The molecule has 0 spiro atoms. The lowest BCUT2D eigenvalue weighted by atomic mass is 9.81. The van der Waals surface area contributed by atoms with Crippen LogP contribution in [0.5, 0.6) is 0 Å². The molecule has 0 amide bonds. The van der Waals surface area contributed by atoms with Gasteiger partial charge in [-0.15, -0.1) is 6.58 Å². The van der Waals surface area contributed by atoms with Crippen molar-refractivity contribution in [2.45, 2.75) is 19.3 Å². The summed E-state index contributed by atoms with van der Waals surface area (Å²) in [6, 6.07) is 23.8. The Hall–Kier alpha value is -4.16. The van der Waals surface area contributed by atoms with E-state index < -0.39 is 0 Å².